The average molecular weight is 388 g/mol. The number of fused-ring (bicyclic) bond motifs is 1. The standard InChI is InChI=1S/C19H20N2O5S/c22-19(20-12-13-4-7-17-18(10-13)26-9-8-25-17)14-2-1-3-16(11-14)27(23,24)21-15-5-6-15/h1-4,7,10-11,15,21H,5-6,8-9,12H2,(H,20,22). The van der Waals surface area contributed by atoms with E-state index in [1.54, 1.807) is 12.1 Å². The minimum atomic E-state index is -3.59. The summed E-state index contributed by atoms with van der Waals surface area (Å²) in [7, 11) is -3.59. The van der Waals surface area contributed by atoms with Gasteiger partial charge in [0.1, 0.15) is 13.2 Å². The Morgan fingerprint density at radius 2 is 1.81 bits per heavy atom. The topological polar surface area (TPSA) is 93.7 Å². The van der Waals surface area contributed by atoms with Crippen LogP contribution in [0.2, 0.25) is 0 Å². The molecule has 2 aromatic carbocycles. The van der Waals surface area contributed by atoms with Crippen molar-refractivity contribution in [3.8, 4) is 11.5 Å². The van der Waals surface area contributed by atoms with Crippen LogP contribution in [-0.4, -0.2) is 33.6 Å². The second-order valence-corrected chi connectivity index (χ2v) is 8.30. The van der Waals surface area contributed by atoms with Crippen LogP contribution in [0.25, 0.3) is 0 Å². The maximum atomic E-state index is 12.4. The lowest BCUT2D eigenvalue weighted by atomic mass is 10.1. The molecule has 0 saturated heterocycles. The van der Waals surface area contributed by atoms with E-state index in [0.29, 0.717) is 36.8 Å². The van der Waals surface area contributed by atoms with Crippen molar-refractivity contribution >= 4 is 15.9 Å². The van der Waals surface area contributed by atoms with Crippen LogP contribution in [0.15, 0.2) is 47.4 Å². The van der Waals surface area contributed by atoms with E-state index in [2.05, 4.69) is 10.0 Å². The fourth-order valence-corrected chi connectivity index (χ4v) is 4.13. The highest BCUT2D eigenvalue weighted by Crippen LogP contribution is 2.30. The molecule has 2 aromatic rings. The lowest BCUT2D eigenvalue weighted by Crippen LogP contribution is -2.27. The summed E-state index contributed by atoms with van der Waals surface area (Å²) >= 11 is 0. The van der Waals surface area contributed by atoms with Gasteiger partial charge in [0.15, 0.2) is 11.5 Å². The number of carbonyl (C=O) groups excluding carboxylic acids is 1. The highest BCUT2D eigenvalue weighted by Gasteiger charge is 2.28. The number of amides is 1. The molecule has 27 heavy (non-hydrogen) atoms. The van der Waals surface area contributed by atoms with Crippen LogP contribution in [0.5, 0.6) is 11.5 Å². The van der Waals surface area contributed by atoms with Gasteiger partial charge >= 0.3 is 0 Å². The molecule has 142 valence electrons. The highest BCUT2D eigenvalue weighted by molar-refractivity contribution is 7.89. The largest absolute Gasteiger partial charge is 0.486 e. The minimum Gasteiger partial charge on any atom is -0.486 e. The highest BCUT2D eigenvalue weighted by atomic mass is 32.2. The van der Waals surface area contributed by atoms with Gasteiger partial charge in [0.25, 0.3) is 5.91 Å². The predicted octanol–water partition coefficient (Wildman–Crippen LogP) is 1.83. The van der Waals surface area contributed by atoms with Crippen LogP contribution >= 0.6 is 0 Å². The van der Waals surface area contributed by atoms with Gasteiger partial charge < -0.3 is 14.8 Å². The normalized spacial score (nSPS) is 16.0. The van der Waals surface area contributed by atoms with Gasteiger partial charge in [0.2, 0.25) is 10.0 Å². The molecule has 0 aromatic heterocycles. The summed E-state index contributed by atoms with van der Waals surface area (Å²) in [6.07, 6.45) is 1.71. The Kier molecular flexibility index (Phi) is 4.75. The Labute approximate surface area is 157 Å². The monoisotopic (exact) mass is 388 g/mol. The van der Waals surface area contributed by atoms with Gasteiger partial charge in [0, 0.05) is 18.2 Å². The zero-order valence-electron chi connectivity index (χ0n) is 14.6. The smallest absolute Gasteiger partial charge is 0.251 e. The molecule has 0 spiro atoms. The van der Waals surface area contributed by atoms with E-state index in [0.717, 1.165) is 18.4 Å². The van der Waals surface area contributed by atoms with Crippen molar-refractivity contribution in [3.05, 3.63) is 53.6 Å². The molecule has 0 unspecified atom stereocenters. The molecular formula is C19H20N2O5S. The molecule has 8 heteroatoms. The molecule has 4 rings (SSSR count). The van der Waals surface area contributed by atoms with E-state index < -0.39 is 10.0 Å². The van der Waals surface area contributed by atoms with Gasteiger partial charge in [-0.3, -0.25) is 4.79 Å². The molecule has 1 amide bonds. The number of benzene rings is 2. The van der Waals surface area contributed by atoms with Crippen LogP contribution in [0.3, 0.4) is 0 Å². The predicted molar refractivity (Wildman–Crippen MR) is 98.4 cm³/mol. The van der Waals surface area contributed by atoms with Gasteiger partial charge in [-0.25, -0.2) is 13.1 Å². The first-order valence-corrected chi connectivity index (χ1v) is 10.3. The van der Waals surface area contributed by atoms with E-state index in [4.69, 9.17) is 9.47 Å². The van der Waals surface area contributed by atoms with Gasteiger partial charge in [-0.2, -0.15) is 0 Å². The molecule has 1 saturated carbocycles. The van der Waals surface area contributed by atoms with Crippen LogP contribution in [0.1, 0.15) is 28.8 Å². The van der Waals surface area contributed by atoms with Crippen molar-refractivity contribution in [2.24, 2.45) is 0 Å². The number of rotatable bonds is 6. The first-order chi connectivity index (χ1) is 13.0. The van der Waals surface area contributed by atoms with Crippen molar-refractivity contribution in [1.29, 1.82) is 0 Å². The molecule has 0 atom stereocenters. The number of nitrogens with one attached hydrogen (secondary N) is 2. The lowest BCUT2D eigenvalue weighted by Gasteiger charge is -2.19. The third kappa shape index (κ3) is 4.23. The quantitative estimate of drug-likeness (QED) is 0.787. The molecule has 1 fully saturated rings. The lowest BCUT2D eigenvalue weighted by molar-refractivity contribution is 0.0950. The van der Waals surface area contributed by atoms with Crippen molar-refractivity contribution in [2.45, 2.75) is 30.3 Å². The molecule has 1 aliphatic heterocycles. The molecular weight excluding hydrogens is 368 g/mol. The molecule has 2 N–H and O–H groups in total. The number of ether oxygens (including phenoxy) is 2. The average Bonchev–Trinajstić information content (AvgIpc) is 3.49. The van der Waals surface area contributed by atoms with Gasteiger partial charge in [-0.05, 0) is 48.7 Å². The summed E-state index contributed by atoms with van der Waals surface area (Å²) in [5.74, 6) is 1.01. The molecule has 0 bridgehead atoms. The minimum absolute atomic E-state index is 0.0164. The maximum Gasteiger partial charge on any atom is 0.251 e. The van der Waals surface area contributed by atoms with E-state index in [1.807, 2.05) is 18.2 Å². The summed E-state index contributed by atoms with van der Waals surface area (Å²) in [5, 5.41) is 2.80. The number of hydrogen-bond donors (Lipinski definition) is 2. The summed E-state index contributed by atoms with van der Waals surface area (Å²) in [4.78, 5) is 12.5. The zero-order chi connectivity index (χ0) is 18.9. The van der Waals surface area contributed by atoms with E-state index >= 15 is 0 Å². The molecule has 1 aliphatic carbocycles. The van der Waals surface area contributed by atoms with Gasteiger partial charge in [-0.1, -0.05) is 12.1 Å². The van der Waals surface area contributed by atoms with E-state index in [9.17, 15) is 13.2 Å². The number of sulfonamides is 1. The van der Waals surface area contributed by atoms with Gasteiger partial charge in [0.05, 0.1) is 4.90 Å². The Balaban J connectivity index is 1.43. The molecule has 1 heterocycles. The number of hydrogen-bond acceptors (Lipinski definition) is 5. The zero-order valence-corrected chi connectivity index (χ0v) is 15.4. The molecule has 0 radical (unpaired) electrons. The Bertz CT molecular complexity index is 970. The van der Waals surface area contributed by atoms with Crippen molar-refractivity contribution in [2.75, 3.05) is 13.2 Å². The van der Waals surface area contributed by atoms with Crippen LogP contribution in [0, 0.1) is 0 Å². The first-order valence-electron chi connectivity index (χ1n) is 8.80. The maximum absolute atomic E-state index is 12.4. The Hall–Kier alpha value is -2.58. The summed E-state index contributed by atoms with van der Waals surface area (Å²) in [5.41, 5.74) is 1.16. The second-order valence-electron chi connectivity index (χ2n) is 6.58. The molecule has 7 nitrogen and oxygen atoms in total. The van der Waals surface area contributed by atoms with Crippen molar-refractivity contribution in [1.82, 2.24) is 10.0 Å². The third-order valence-corrected chi connectivity index (χ3v) is 5.88. The summed E-state index contributed by atoms with van der Waals surface area (Å²) in [6, 6.07) is 11.6. The summed E-state index contributed by atoms with van der Waals surface area (Å²) in [6.45, 7) is 1.32. The first kappa shape index (κ1) is 17.8. The number of carbonyl (C=O) groups is 1. The van der Waals surface area contributed by atoms with Crippen molar-refractivity contribution < 1.29 is 22.7 Å². The van der Waals surface area contributed by atoms with Gasteiger partial charge in [-0.15, -0.1) is 0 Å². The summed E-state index contributed by atoms with van der Waals surface area (Å²) < 4.78 is 38.2. The van der Waals surface area contributed by atoms with E-state index in [1.165, 1.54) is 12.1 Å². The SMILES string of the molecule is O=C(NCc1ccc2c(c1)OCCO2)c1cccc(S(=O)(=O)NC2CC2)c1. The van der Waals surface area contributed by atoms with Crippen molar-refractivity contribution in [3.63, 3.8) is 0 Å². The van der Waals surface area contributed by atoms with Crippen LogP contribution in [-0.2, 0) is 16.6 Å². The van der Waals surface area contributed by atoms with Crippen LogP contribution in [0.4, 0.5) is 0 Å². The van der Waals surface area contributed by atoms with E-state index in [-0.39, 0.29) is 16.8 Å². The fraction of sp³-hybridized carbons (Fsp3) is 0.316. The Morgan fingerprint density at radius 1 is 1.04 bits per heavy atom. The molecule has 2 aliphatic rings. The second kappa shape index (κ2) is 7.21. The third-order valence-electron chi connectivity index (χ3n) is 4.37. The fourth-order valence-electron chi connectivity index (χ4n) is 2.78. The van der Waals surface area contributed by atoms with Crippen LogP contribution < -0.4 is 19.5 Å². The Morgan fingerprint density at radius 3 is 2.59 bits per heavy atom.